The Hall–Kier alpha value is -2.60. The molecule has 2 aromatic carbocycles. The van der Waals surface area contributed by atoms with Gasteiger partial charge < -0.3 is 0 Å². The first kappa shape index (κ1) is 22.2. The maximum atomic E-state index is 11.6. The van der Waals surface area contributed by atoms with E-state index in [9.17, 15) is 4.21 Å². The van der Waals surface area contributed by atoms with E-state index in [1.165, 1.54) is 22.4 Å². The normalized spacial score (nSPS) is 20.2. The van der Waals surface area contributed by atoms with Crippen LogP contribution in [0.4, 0.5) is 0 Å². The third-order valence-corrected chi connectivity index (χ3v) is 7.79. The molecule has 1 aliphatic heterocycles. The highest BCUT2D eigenvalue weighted by Crippen LogP contribution is 2.36. The van der Waals surface area contributed by atoms with Crippen molar-refractivity contribution in [1.29, 1.82) is 0 Å². The van der Waals surface area contributed by atoms with Gasteiger partial charge in [0, 0.05) is 66.6 Å². The zero-order valence-corrected chi connectivity index (χ0v) is 20.0. The van der Waals surface area contributed by atoms with E-state index in [1.807, 2.05) is 30.5 Å². The number of aromatic nitrogens is 1. The molecule has 2 atom stereocenters. The lowest BCUT2D eigenvalue weighted by Crippen LogP contribution is -2.47. The van der Waals surface area contributed by atoms with Crippen LogP contribution in [0.25, 0.3) is 6.08 Å². The summed E-state index contributed by atoms with van der Waals surface area (Å²) in [6.07, 6.45) is 10.1. The number of hydrogen-bond acceptors (Lipinski definition) is 4. The molecule has 1 fully saturated rings. The Bertz CT molecular complexity index is 1100. The zero-order valence-electron chi connectivity index (χ0n) is 19.2. The minimum atomic E-state index is -0.922. The number of benzene rings is 2. The fourth-order valence-corrected chi connectivity index (χ4v) is 5.58. The Morgan fingerprint density at radius 3 is 2.48 bits per heavy atom. The van der Waals surface area contributed by atoms with Crippen molar-refractivity contribution in [3.8, 4) is 0 Å². The molecule has 170 valence electrons. The molecule has 2 aliphatic rings. The first-order valence-corrected chi connectivity index (χ1v) is 13.3. The molecule has 0 amide bonds. The molecule has 1 aromatic heterocycles. The van der Waals surface area contributed by atoms with Gasteiger partial charge in [-0.1, -0.05) is 54.6 Å². The second-order valence-electron chi connectivity index (χ2n) is 8.90. The minimum absolute atomic E-state index is 0.299. The number of rotatable bonds is 5. The first-order valence-electron chi connectivity index (χ1n) is 11.8. The smallest absolute Gasteiger partial charge is 0.0623 e. The minimum Gasteiger partial charge on any atom is -0.297 e. The fraction of sp³-hybridized carbons (Fsp3) is 0.321. The summed E-state index contributed by atoms with van der Waals surface area (Å²) in [7, 11) is -0.922. The standard InChI is InChI=1S/C28H31N3OS/c1-33(32)24-13-10-22(11-14-24)6-5-17-30-18-20-31(21-19-30)28-25-8-3-2-7-23(25)12-15-27-26(28)9-4-16-29-27/h2-11,13-14,16,28H,12,15,17-21H2,1H3. The van der Waals surface area contributed by atoms with Gasteiger partial charge >= 0.3 is 0 Å². The Morgan fingerprint density at radius 2 is 1.70 bits per heavy atom. The van der Waals surface area contributed by atoms with Crippen molar-refractivity contribution >= 4 is 16.9 Å². The molecule has 2 unspecified atom stereocenters. The molecular formula is C28H31N3OS. The average molecular weight is 458 g/mol. The van der Waals surface area contributed by atoms with E-state index >= 15 is 0 Å². The van der Waals surface area contributed by atoms with Crippen LogP contribution in [0, 0.1) is 0 Å². The molecule has 33 heavy (non-hydrogen) atoms. The van der Waals surface area contributed by atoms with E-state index in [0.717, 1.165) is 56.0 Å². The number of nitrogens with zero attached hydrogens (tertiary/aromatic N) is 3. The van der Waals surface area contributed by atoms with Crippen LogP contribution in [0.15, 0.2) is 77.8 Å². The topological polar surface area (TPSA) is 36.4 Å². The molecule has 5 heteroatoms. The number of fused-ring (bicyclic) bond motifs is 2. The van der Waals surface area contributed by atoms with Crippen LogP contribution in [0.5, 0.6) is 0 Å². The summed E-state index contributed by atoms with van der Waals surface area (Å²) >= 11 is 0. The van der Waals surface area contributed by atoms with Gasteiger partial charge in [-0.15, -0.1) is 0 Å². The maximum absolute atomic E-state index is 11.6. The van der Waals surface area contributed by atoms with Crippen LogP contribution >= 0.6 is 0 Å². The molecule has 1 saturated heterocycles. The monoisotopic (exact) mass is 457 g/mol. The van der Waals surface area contributed by atoms with Gasteiger partial charge in [0.1, 0.15) is 0 Å². The number of pyridine rings is 1. The summed E-state index contributed by atoms with van der Waals surface area (Å²) in [6.45, 7) is 5.18. The van der Waals surface area contributed by atoms with Crippen LogP contribution in [-0.2, 0) is 23.6 Å². The van der Waals surface area contributed by atoms with Gasteiger partial charge in [0.15, 0.2) is 0 Å². The molecule has 0 spiro atoms. The van der Waals surface area contributed by atoms with Crippen LogP contribution in [0.3, 0.4) is 0 Å². The molecule has 2 heterocycles. The Morgan fingerprint density at radius 1 is 0.939 bits per heavy atom. The van der Waals surface area contributed by atoms with E-state index in [1.54, 1.807) is 6.26 Å². The quantitative estimate of drug-likeness (QED) is 0.571. The molecule has 0 radical (unpaired) electrons. The van der Waals surface area contributed by atoms with Crippen LogP contribution in [0.1, 0.15) is 34.0 Å². The van der Waals surface area contributed by atoms with Gasteiger partial charge in [-0.25, -0.2) is 0 Å². The van der Waals surface area contributed by atoms with Gasteiger partial charge in [-0.3, -0.25) is 19.0 Å². The molecule has 0 N–H and O–H groups in total. The molecule has 1 aliphatic carbocycles. The molecule has 0 saturated carbocycles. The summed E-state index contributed by atoms with van der Waals surface area (Å²) in [6, 6.07) is 21.6. The zero-order chi connectivity index (χ0) is 22.6. The maximum Gasteiger partial charge on any atom is 0.0623 e. The van der Waals surface area contributed by atoms with E-state index in [2.05, 4.69) is 58.4 Å². The Balaban J connectivity index is 1.25. The van der Waals surface area contributed by atoms with E-state index in [0.29, 0.717) is 6.04 Å². The van der Waals surface area contributed by atoms with Crippen molar-refractivity contribution in [3.63, 3.8) is 0 Å². The SMILES string of the molecule is CS(=O)c1ccc(C=CCN2CCN(C3c4ccccc4CCc4ncccc43)CC2)cc1. The summed E-state index contributed by atoms with van der Waals surface area (Å²) in [5.41, 5.74) is 6.70. The summed E-state index contributed by atoms with van der Waals surface area (Å²) < 4.78 is 11.6. The second kappa shape index (κ2) is 10.1. The lowest BCUT2D eigenvalue weighted by molar-refractivity contribution is 0.117. The predicted molar refractivity (Wildman–Crippen MR) is 136 cm³/mol. The van der Waals surface area contributed by atoms with Crippen LogP contribution in [0.2, 0.25) is 0 Å². The third-order valence-electron chi connectivity index (χ3n) is 6.86. The van der Waals surface area contributed by atoms with Gasteiger partial charge in [-0.05, 0) is 53.3 Å². The summed E-state index contributed by atoms with van der Waals surface area (Å²) in [4.78, 5) is 10.8. The Kier molecular flexibility index (Phi) is 6.81. The third kappa shape index (κ3) is 5.01. The predicted octanol–water partition coefficient (Wildman–Crippen LogP) is 4.34. The van der Waals surface area contributed by atoms with Crippen molar-refractivity contribution in [2.75, 3.05) is 39.0 Å². The second-order valence-corrected chi connectivity index (χ2v) is 10.3. The Labute approximate surface area is 199 Å². The lowest BCUT2D eigenvalue weighted by atomic mass is 9.94. The van der Waals surface area contributed by atoms with Crippen molar-refractivity contribution in [2.24, 2.45) is 0 Å². The van der Waals surface area contributed by atoms with Crippen LogP contribution in [-0.4, -0.2) is 58.0 Å². The summed E-state index contributed by atoms with van der Waals surface area (Å²) in [5.74, 6) is 0. The largest absolute Gasteiger partial charge is 0.297 e. The average Bonchev–Trinajstić information content (AvgIpc) is 3.02. The van der Waals surface area contributed by atoms with Gasteiger partial charge in [-0.2, -0.15) is 0 Å². The summed E-state index contributed by atoms with van der Waals surface area (Å²) in [5, 5.41) is 0. The van der Waals surface area contributed by atoms with Crippen molar-refractivity contribution < 1.29 is 4.21 Å². The highest BCUT2D eigenvalue weighted by molar-refractivity contribution is 7.84. The van der Waals surface area contributed by atoms with Gasteiger partial charge in [0.05, 0.1) is 6.04 Å². The molecule has 5 rings (SSSR count). The van der Waals surface area contributed by atoms with Gasteiger partial charge in [0.25, 0.3) is 0 Å². The molecule has 0 bridgehead atoms. The first-order chi connectivity index (χ1) is 16.2. The van der Waals surface area contributed by atoms with E-state index in [4.69, 9.17) is 4.98 Å². The number of piperazine rings is 1. The van der Waals surface area contributed by atoms with Gasteiger partial charge in [0.2, 0.25) is 0 Å². The molecule has 3 aromatic rings. The van der Waals surface area contributed by atoms with Crippen molar-refractivity contribution in [2.45, 2.75) is 23.8 Å². The highest BCUT2D eigenvalue weighted by atomic mass is 32.2. The van der Waals surface area contributed by atoms with Crippen LogP contribution < -0.4 is 0 Å². The van der Waals surface area contributed by atoms with Crippen molar-refractivity contribution in [3.05, 3.63) is 101 Å². The molecule has 4 nitrogen and oxygen atoms in total. The number of hydrogen-bond donors (Lipinski definition) is 0. The fourth-order valence-electron chi connectivity index (χ4n) is 5.06. The van der Waals surface area contributed by atoms with Crippen molar-refractivity contribution in [1.82, 2.24) is 14.8 Å². The number of aryl methyl sites for hydroxylation is 2. The van der Waals surface area contributed by atoms with E-state index in [-0.39, 0.29) is 0 Å². The molecular weight excluding hydrogens is 426 g/mol. The lowest BCUT2D eigenvalue weighted by Gasteiger charge is -2.40. The highest BCUT2D eigenvalue weighted by Gasteiger charge is 2.31. The van der Waals surface area contributed by atoms with E-state index < -0.39 is 10.8 Å².